The van der Waals surface area contributed by atoms with Gasteiger partial charge in [-0.15, -0.1) is 11.3 Å². The van der Waals surface area contributed by atoms with Crippen molar-refractivity contribution in [3.63, 3.8) is 0 Å². The number of hydrazone groups is 1. The van der Waals surface area contributed by atoms with Crippen LogP contribution in [0.2, 0.25) is 5.02 Å². The molecule has 0 atom stereocenters. The zero-order valence-electron chi connectivity index (χ0n) is 23.4. The number of fused-ring (bicyclic) bond motifs is 2. The summed E-state index contributed by atoms with van der Waals surface area (Å²) in [6.45, 7) is 0.728. The van der Waals surface area contributed by atoms with Gasteiger partial charge in [0.1, 0.15) is 0 Å². The number of aromatic nitrogens is 2. The zero-order chi connectivity index (χ0) is 29.9. The number of hydrogen-bond donors (Lipinski definition) is 2. The third-order valence-corrected chi connectivity index (χ3v) is 8.46. The van der Waals surface area contributed by atoms with E-state index in [0.29, 0.717) is 10.6 Å². The molecule has 2 heterocycles. The number of thiazole rings is 1. The normalized spacial score (nSPS) is 11.4. The summed E-state index contributed by atoms with van der Waals surface area (Å²) in [5.74, 6) is -0.282. The fourth-order valence-electron chi connectivity index (χ4n) is 5.26. The van der Waals surface area contributed by atoms with Gasteiger partial charge in [0.2, 0.25) is 0 Å². The van der Waals surface area contributed by atoms with E-state index in [1.165, 1.54) is 27.7 Å². The Morgan fingerprint density at radius 2 is 1.61 bits per heavy atom. The number of para-hydroxylation sites is 1. The highest BCUT2D eigenvalue weighted by atomic mass is 35.5. The minimum Gasteiger partial charge on any atom is -0.342 e. The molecule has 0 saturated carbocycles. The third-order valence-electron chi connectivity index (χ3n) is 7.45. The number of nitrogens with one attached hydrogen (secondary N) is 2. The average Bonchev–Trinajstić information content (AvgIpc) is 3.67. The number of benzene rings is 5. The van der Waals surface area contributed by atoms with E-state index in [0.717, 1.165) is 45.1 Å². The molecule has 0 bridgehead atoms. The molecule has 0 fully saturated rings. The van der Waals surface area contributed by atoms with Gasteiger partial charge in [-0.05, 0) is 58.8 Å². The molecule has 6 nitrogen and oxygen atoms in total. The summed E-state index contributed by atoms with van der Waals surface area (Å²) in [4.78, 5) is 17.6. The standard InChI is InChI=1S/C36H26ClN5OS/c37-29-16-18-30(19-17-29)39-36-40-33(23-44-36)25-12-14-26(15-13-25)35(43)41-38-20-28-22-42(34-11-4-3-10-32(28)34)21-27-8-5-7-24-6-1-2-9-31(24)27/h1-20,22-23H,21H2,(H,39,40)(H,41,43)/b38-20-. The fourth-order valence-corrected chi connectivity index (χ4v) is 6.13. The van der Waals surface area contributed by atoms with Crippen LogP contribution < -0.4 is 10.7 Å². The van der Waals surface area contributed by atoms with Crippen LogP contribution in [0.25, 0.3) is 32.9 Å². The second-order valence-electron chi connectivity index (χ2n) is 10.3. The minimum atomic E-state index is -0.282. The van der Waals surface area contributed by atoms with E-state index in [-0.39, 0.29) is 5.91 Å². The maximum atomic E-state index is 12.9. The molecular weight excluding hydrogens is 586 g/mol. The number of carbonyl (C=O) groups excluding carboxylic acids is 1. The van der Waals surface area contributed by atoms with Crippen molar-refractivity contribution < 1.29 is 4.79 Å². The van der Waals surface area contributed by atoms with Gasteiger partial charge in [0.25, 0.3) is 5.91 Å². The van der Waals surface area contributed by atoms with E-state index < -0.39 is 0 Å². The van der Waals surface area contributed by atoms with E-state index >= 15 is 0 Å². The van der Waals surface area contributed by atoms with Crippen molar-refractivity contribution in [3.05, 3.63) is 149 Å². The first-order valence-corrected chi connectivity index (χ1v) is 15.3. The molecule has 44 heavy (non-hydrogen) atoms. The van der Waals surface area contributed by atoms with Crippen LogP contribution in [0.1, 0.15) is 21.5 Å². The van der Waals surface area contributed by atoms with E-state index in [1.807, 2.05) is 53.9 Å². The highest BCUT2D eigenvalue weighted by Gasteiger charge is 2.11. The van der Waals surface area contributed by atoms with Crippen LogP contribution in [-0.2, 0) is 6.54 Å². The second-order valence-corrected chi connectivity index (χ2v) is 11.6. The number of nitrogens with zero attached hydrogens (tertiary/aromatic N) is 3. The zero-order valence-corrected chi connectivity index (χ0v) is 25.0. The molecule has 0 spiro atoms. The number of hydrogen-bond acceptors (Lipinski definition) is 5. The molecule has 1 amide bonds. The van der Waals surface area contributed by atoms with Gasteiger partial charge in [-0.3, -0.25) is 4.79 Å². The largest absolute Gasteiger partial charge is 0.342 e. The van der Waals surface area contributed by atoms with E-state index in [2.05, 4.69) is 86.2 Å². The molecule has 2 N–H and O–H groups in total. The van der Waals surface area contributed by atoms with Crippen molar-refractivity contribution >= 4 is 67.6 Å². The first-order valence-electron chi connectivity index (χ1n) is 14.1. The maximum Gasteiger partial charge on any atom is 0.271 e. The summed E-state index contributed by atoms with van der Waals surface area (Å²) in [6, 6.07) is 37.9. The average molecular weight is 612 g/mol. The summed E-state index contributed by atoms with van der Waals surface area (Å²) in [6.07, 6.45) is 3.79. The van der Waals surface area contributed by atoms with Gasteiger partial charge in [-0.2, -0.15) is 5.10 Å². The van der Waals surface area contributed by atoms with E-state index in [1.54, 1.807) is 18.3 Å². The van der Waals surface area contributed by atoms with E-state index in [4.69, 9.17) is 11.6 Å². The highest BCUT2D eigenvalue weighted by Crippen LogP contribution is 2.28. The highest BCUT2D eigenvalue weighted by molar-refractivity contribution is 7.14. The van der Waals surface area contributed by atoms with Crippen molar-refractivity contribution in [3.8, 4) is 11.3 Å². The Bertz CT molecular complexity index is 2130. The molecule has 8 heteroatoms. The fraction of sp³-hybridized carbons (Fsp3) is 0.0278. The SMILES string of the molecule is O=C(N/N=C\c1cn(Cc2cccc3ccccc23)c2ccccc12)c1ccc(-c2csc(Nc3ccc(Cl)cc3)n2)cc1. The quantitative estimate of drug-likeness (QED) is 0.133. The molecule has 7 rings (SSSR count). The maximum absolute atomic E-state index is 12.9. The van der Waals surface area contributed by atoms with Crippen LogP contribution in [0.3, 0.4) is 0 Å². The minimum absolute atomic E-state index is 0.282. The van der Waals surface area contributed by atoms with Crippen molar-refractivity contribution in [2.75, 3.05) is 5.32 Å². The molecule has 0 saturated heterocycles. The lowest BCUT2D eigenvalue weighted by Gasteiger charge is -2.09. The molecule has 0 aliphatic heterocycles. The Hall–Kier alpha value is -5.24. The number of carbonyl (C=O) groups is 1. The van der Waals surface area contributed by atoms with Gasteiger partial charge in [0, 0.05) is 56.4 Å². The lowest BCUT2D eigenvalue weighted by Crippen LogP contribution is -2.17. The first kappa shape index (κ1) is 27.6. The predicted octanol–water partition coefficient (Wildman–Crippen LogP) is 9.13. The van der Waals surface area contributed by atoms with Gasteiger partial charge in [0.05, 0.1) is 11.9 Å². The summed E-state index contributed by atoms with van der Waals surface area (Å²) >= 11 is 7.48. The number of rotatable bonds is 8. The Labute approximate surface area is 263 Å². The summed E-state index contributed by atoms with van der Waals surface area (Å²) in [7, 11) is 0. The van der Waals surface area contributed by atoms with Crippen molar-refractivity contribution in [2.45, 2.75) is 6.54 Å². The molecule has 2 aromatic heterocycles. The molecule has 0 unspecified atom stereocenters. The lowest BCUT2D eigenvalue weighted by atomic mass is 10.0. The van der Waals surface area contributed by atoms with Gasteiger partial charge in [-0.1, -0.05) is 84.4 Å². The molecule has 0 radical (unpaired) electrons. The predicted molar refractivity (Wildman–Crippen MR) is 182 cm³/mol. The van der Waals surface area contributed by atoms with Crippen LogP contribution in [0.4, 0.5) is 10.8 Å². The Balaban J connectivity index is 1.03. The number of amides is 1. The Morgan fingerprint density at radius 1 is 0.864 bits per heavy atom. The summed E-state index contributed by atoms with van der Waals surface area (Å²) in [5, 5.41) is 14.6. The van der Waals surface area contributed by atoms with Gasteiger partial charge < -0.3 is 9.88 Å². The summed E-state index contributed by atoms with van der Waals surface area (Å²) in [5.41, 5.74) is 9.14. The van der Waals surface area contributed by atoms with Gasteiger partial charge >= 0.3 is 0 Å². The Kier molecular flexibility index (Phi) is 7.63. The third kappa shape index (κ3) is 5.83. The first-order chi connectivity index (χ1) is 21.6. The second kappa shape index (κ2) is 12.2. The van der Waals surface area contributed by atoms with Crippen LogP contribution in [0, 0.1) is 0 Å². The van der Waals surface area contributed by atoms with Gasteiger partial charge in [0.15, 0.2) is 5.13 Å². The molecule has 0 aliphatic rings. The monoisotopic (exact) mass is 611 g/mol. The molecule has 0 aliphatic carbocycles. The molecule has 5 aromatic carbocycles. The van der Waals surface area contributed by atoms with Crippen molar-refractivity contribution in [2.24, 2.45) is 5.10 Å². The smallest absolute Gasteiger partial charge is 0.271 e. The van der Waals surface area contributed by atoms with E-state index in [9.17, 15) is 4.79 Å². The molecule has 7 aromatic rings. The molecule has 214 valence electrons. The number of anilines is 2. The topological polar surface area (TPSA) is 71.3 Å². The Morgan fingerprint density at radius 3 is 2.45 bits per heavy atom. The van der Waals surface area contributed by atoms with Gasteiger partial charge in [-0.25, -0.2) is 10.4 Å². The van der Waals surface area contributed by atoms with Crippen LogP contribution >= 0.6 is 22.9 Å². The molecular formula is C36H26ClN5OS. The summed E-state index contributed by atoms with van der Waals surface area (Å²) < 4.78 is 2.23. The lowest BCUT2D eigenvalue weighted by molar-refractivity contribution is 0.0955. The van der Waals surface area contributed by atoms with Crippen molar-refractivity contribution in [1.82, 2.24) is 15.0 Å². The van der Waals surface area contributed by atoms with Crippen molar-refractivity contribution in [1.29, 1.82) is 0 Å². The van der Waals surface area contributed by atoms with Crippen LogP contribution in [0.15, 0.2) is 132 Å². The number of halogens is 1. The van der Waals surface area contributed by atoms with Crippen LogP contribution in [-0.4, -0.2) is 21.7 Å². The van der Waals surface area contributed by atoms with Crippen LogP contribution in [0.5, 0.6) is 0 Å².